The summed E-state index contributed by atoms with van der Waals surface area (Å²) in [5.41, 5.74) is 0. The van der Waals surface area contributed by atoms with E-state index in [1.807, 2.05) is 0 Å². The first-order chi connectivity index (χ1) is 27.4. The fourth-order valence-electron chi connectivity index (χ4n) is 6.58. The van der Waals surface area contributed by atoms with Gasteiger partial charge in [0.1, 0.15) is 0 Å². The van der Waals surface area contributed by atoms with Gasteiger partial charge >= 0.3 is 0 Å². The molecule has 0 aliphatic carbocycles. The van der Waals surface area contributed by atoms with Gasteiger partial charge in [-0.2, -0.15) is 0 Å². The van der Waals surface area contributed by atoms with Crippen molar-refractivity contribution >= 4 is 0 Å². The summed E-state index contributed by atoms with van der Waals surface area (Å²) in [5.74, 6) is 0. The van der Waals surface area contributed by atoms with Crippen molar-refractivity contribution in [2.75, 3.05) is 52.9 Å². The molecule has 0 rings (SSSR count). The maximum atomic E-state index is 11.0. The van der Waals surface area contributed by atoms with E-state index < -0.39 is 0 Å². The number of nitrogens with zero attached hydrogens (tertiary/aromatic N) is 2. The molecule has 0 saturated carbocycles. The van der Waals surface area contributed by atoms with E-state index in [1.165, 1.54) is 64.2 Å². The topological polar surface area (TPSA) is 79.2 Å². The van der Waals surface area contributed by atoms with Crippen LogP contribution in [0.4, 0.5) is 0 Å². The molecule has 3 atom stereocenters. The molecule has 326 valence electrons. The van der Waals surface area contributed by atoms with E-state index in [1.54, 1.807) is 0 Å². The first-order valence-corrected chi connectivity index (χ1v) is 23.5. The van der Waals surface area contributed by atoms with E-state index in [4.69, 9.17) is 0 Å². The molecular weight excluding hydrogens is 691 g/mol. The van der Waals surface area contributed by atoms with Gasteiger partial charge in [-0.25, -0.2) is 0 Å². The Balaban J connectivity index is 4.50. The Morgan fingerprint density at radius 3 is 1.20 bits per heavy atom. The number of rotatable bonds is 42. The zero-order chi connectivity index (χ0) is 41.0. The van der Waals surface area contributed by atoms with Gasteiger partial charge in [0.05, 0.1) is 18.3 Å². The smallest absolute Gasteiger partial charge is 0.0667 e. The van der Waals surface area contributed by atoms with Crippen molar-refractivity contribution in [1.82, 2.24) is 15.1 Å². The minimum atomic E-state index is -0.368. The standard InChI is InChI=1S/C50H93N3O3/c1-5-8-11-14-17-20-23-26-29-32-35-38-48(54)45-51-41-42-52(4)43-44-53(46-49(55)39-36-33-30-27-24-21-18-15-12-9-6-2)47-50(56)40-37-34-31-28-25-22-19-16-13-10-7-3/h11-16,20-25,48-51,54-56H,5-10,17-19,26-47H2,1-4H3/b14-11-,15-12-,16-13-,23-20-,24-21-,25-22-. The number of likely N-dealkylation sites (N-methyl/N-ethyl adjacent to an activating group) is 1. The van der Waals surface area contributed by atoms with Crippen molar-refractivity contribution < 1.29 is 15.3 Å². The highest BCUT2D eigenvalue weighted by Crippen LogP contribution is 2.12. The highest BCUT2D eigenvalue weighted by Gasteiger charge is 2.16. The molecule has 0 radical (unpaired) electrons. The van der Waals surface area contributed by atoms with Gasteiger partial charge < -0.3 is 25.5 Å². The highest BCUT2D eigenvalue weighted by atomic mass is 16.3. The second-order valence-corrected chi connectivity index (χ2v) is 16.0. The van der Waals surface area contributed by atoms with Crippen molar-refractivity contribution in [3.8, 4) is 0 Å². The van der Waals surface area contributed by atoms with Crippen molar-refractivity contribution in [2.45, 2.75) is 193 Å². The molecule has 56 heavy (non-hydrogen) atoms. The molecule has 0 aliphatic rings. The zero-order valence-electron chi connectivity index (χ0n) is 37.3. The predicted octanol–water partition coefficient (Wildman–Crippen LogP) is 11.7. The summed E-state index contributed by atoms with van der Waals surface area (Å²) < 4.78 is 0. The largest absolute Gasteiger partial charge is 0.392 e. The van der Waals surface area contributed by atoms with E-state index in [-0.39, 0.29) is 18.3 Å². The Bertz CT molecular complexity index is 929. The summed E-state index contributed by atoms with van der Waals surface area (Å²) in [7, 11) is 2.14. The molecule has 0 amide bonds. The first kappa shape index (κ1) is 54.2. The Morgan fingerprint density at radius 2 is 0.804 bits per heavy atom. The van der Waals surface area contributed by atoms with Crippen molar-refractivity contribution in [3.05, 3.63) is 72.9 Å². The molecule has 0 aromatic rings. The number of hydrogen-bond donors (Lipinski definition) is 4. The Kier molecular flexibility index (Phi) is 42.9. The molecule has 4 N–H and O–H groups in total. The van der Waals surface area contributed by atoms with Gasteiger partial charge in [-0.05, 0) is 103 Å². The summed E-state index contributed by atoms with van der Waals surface area (Å²) >= 11 is 0. The lowest BCUT2D eigenvalue weighted by atomic mass is 10.1. The van der Waals surface area contributed by atoms with Gasteiger partial charge in [0.2, 0.25) is 0 Å². The lowest BCUT2D eigenvalue weighted by Crippen LogP contribution is -2.43. The van der Waals surface area contributed by atoms with Crippen molar-refractivity contribution in [3.63, 3.8) is 0 Å². The molecule has 0 aliphatic heterocycles. The molecule has 0 heterocycles. The monoisotopic (exact) mass is 784 g/mol. The zero-order valence-corrected chi connectivity index (χ0v) is 37.3. The minimum absolute atomic E-state index is 0.290. The number of nitrogens with one attached hydrogen (secondary N) is 1. The van der Waals surface area contributed by atoms with Crippen LogP contribution in [0.3, 0.4) is 0 Å². The van der Waals surface area contributed by atoms with Crippen LogP contribution in [-0.4, -0.2) is 96.3 Å². The van der Waals surface area contributed by atoms with Gasteiger partial charge in [0.25, 0.3) is 0 Å². The third kappa shape index (κ3) is 41.8. The fourth-order valence-corrected chi connectivity index (χ4v) is 6.58. The van der Waals surface area contributed by atoms with Crippen molar-refractivity contribution in [1.29, 1.82) is 0 Å². The highest BCUT2D eigenvalue weighted by molar-refractivity contribution is 4.94. The Morgan fingerprint density at radius 1 is 0.429 bits per heavy atom. The maximum Gasteiger partial charge on any atom is 0.0667 e. The fraction of sp³-hybridized carbons (Fsp3) is 0.760. The molecule has 6 heteroatoms. The predicted molar refractivity (Wildman–Crippen MR) is 247 cm³/mol. The summed E-state index contributed by atoms with van der Waals surface area (Å²) in [6.07, 6.45) is 52.4. The molecule has 0 fully saturated rings. The lowest BCUT2D eigenvalue weighted by molar-refractivity contribution is 0.0564. The van der Waals surface area contributed by atoms with E-state index in [9.17, 15) is 15.3 Å². The number of allylic oxidation sites excluding steroid dienone is 12. The Labute approximate surface area is 348 Å². The van der Waals surface area contributed by atoms with E-state index in [0.717, 1.165) is 116 Å². The molecular formula is C50H93N3O3. The summed E-state index contributed by atoms with van der Waals surface area (Å²) in [4.78, 5) is 4.60. The number of unbranched alkanes of at least 4 members (excludes halogenated alkanes) is 12. The summed E-state index contributed by atoms with van der Waals surface area (Å²) in [6.45, 7) is 11.9. The van der Waals surface area contributed by atoms with Crippen LogP contribution in [0.2, 0.25) is 0 Å². The Hall–Kier alpha value is -1.80. The molecule has 6 nitrogen and oxygen atoms in total. The minimum Gasteiger partial charge on any atom is -0.392 e. The summed E-state index contributed by atoms with van der Waals surface area (Å²) in [5, 5.41) is 35.9. The lowest BCUT2D eigenvalue weighted by Gasteiger charge is -2.29. The van der Waals surface area contributed by atoms with E-state index in [0.29, 0.717) is 19.6 Å². The van der Waals surface area contributed by atoms with Crippen LogP contribution in [0.1, 0.15) is 175 Å². The van der Waals surface area contributed by atoms with Gasteiger partial charge in [-0.1, -0.05) is 151 Å². The molecule has 0 spiro atoms. The van der Waals surface area contributed by atoms with E-state index in [2.05, 4.69) is 116 Å². The number of aliphatic hydroxyl groups excluding tert-OH is 3. The van der Waals surface area contributed by atoms with Gasteiger partial charge in [-0.3, -0.25) is 4.90 Å². The quantitative estimate of drug-likeness (QED) is 0.0365. The molecule has 0 aromatic heterocycles. The van der Waals surface area contributed by atoms with Crippen molar-refractivity contribution in [2.24, 2.45) is 0 Å². The van der Waals surface area contributed by atoms with Crippen LogP contribution in [0, 0.1) is 0 Å². The number of aliphatic hydroxyl groups is 3. The van der Waals surface area contributed by atoms with E-state index >= 15 is 0 Å². The molecule has 0 saturated heterocycles. The van der Waals surface area contributed by atoms with Crippen LogP contribution >= 0.6 is 0 Å². The molecule has 0 aromatic carbocycles. The second-order valence-electron chi connectivity index (χ2n) is 16.0. The average molecular weight is 784 g/mol. The molecule has 3 unspecified atom stereocenters. The maximum absolute atomic E-state index is 11.0. The normalized spacial score (nSPS) is 14.5. The first-order valence-electron chi connectivity index (χ1n) is 23.5. The van der Waals surface area contributed by atoms with Gasteiger partial charge in [0.15, 0.2) is 0 Å². The van der Waals surface area contributed by atoms with Crippen LogP contribution in [-0.2, 0) is 0 Å². The molecule has 0 bridgehead atoms. The average Bonchev–Trinajstić information content (AvgIpc) is 3.18. The number of hydrogen-bond acceptors (Lipinski definition) is 6. The van der Waals surface area contributed by atoms with Crippen LogP contribution in [0.5, 0.6) is 0 Å². The van der Waals surface area contributed by atoms with Crippen LogP contribution in [0.15, 0.2) is 72.9 Å². The SMILES string of the molecule is CCC/C=C\C/C=C\CCCCCC(O)CNCCN(C)CCN(CC(O)CCCCC/C=C\C/C=C\CCC)CC(O)CCCCC/C=C\C/C=C\CCC. The summed E-state index contributed by atoms with van der Waals surface area (Å²) in [6, 6.07) is 0. The third-order valence-electron chi connectivity index (χ3n) is 10.2. The third-order valence-corrected chi connectivity index (χ3v) is 10.2. The second kappa shape index (κ2) is 44.3. The van der Waals surface area contributed by atoms with Gasteiger partial charge in [0, 0.05) is 45.8 Å². The van der Waals surface area contributed by atoms with Crippen LogP contribution < -0.4 is 5.32 Å². The van der Waals surface area contributed by atoms with Crippen LogP contribution in [0.25, 0.3) is 0 Å². The van der Waals surface area contributed by atoms with Gasteiger partial charge in [-0.15, -0.1) is 0 Å².